The van der Waals surface area contributed by atoms with Crippen LogP contribution < -0.4 is 10.1 Å². The fraction of sp³-hybridized carbons (Fsp3) is 0.370. The minimum absolute atomic E-state index is 0.0370. The van der Waals surface area contributed by atoms with Gasteiger partial charge < -0.3 is 24.2 Å². The number of piperidine rings is 1. The number of aromatic nitrogens is 1. The molecule has 1 aromatic heterocycles. The number of rotatable bonds is 6. The van der Waals surface area contributed by atoms with E-state index in [1.165, 1.54) is 19.2 Å². The molecule has 5 rings (SSSR count). The third-order valence-electron chi connectivity index (χ3n) is 7.09. The smallest absolute Gasteiger partial charge is 0.410 e. The highest BCUT2D eigenvalue weighted by Gasteiger charge is 2.48. The summed E-state index contributed by atoms with van der Waals surface area (Å²) in [6.45, 7) is 1.08. The maximum absolute atomic E-state index is 14.4. The molecule has 0 bridgehead atoms. The van der Waals surface area contributed by atoms with Crippen molar-refractivity contribution in [1.29, 1.82) is 0 Å². The molecule has 8 nitrogen and oxygen atoms in total. The summed E-state index contributed by atoms with van der Waals surface area (Å²) in [5.41, 5.74) is 2.18. The van der Waals surface area contributed by atoms with Gasteiger partial charge in [-0.05, 0) is 54.4 Å². The van der Waals surface area contributed by atoms with Crippen LogP contribution in [-0.4, -0.2) is 48.3 Å². The summed E-state index contributed by atoms with van der Waals surface area (Å²) in [4.78, 5) is 25.7. The van der Waals surface area contributed by atoms with Crippen molar-refractivity contribution in [1.82, 2.24) is 15.4 Å². The molecular weight excluding hydrogens is 465 g/mol. The van der Waals surface area contributed by atoms with Gasteiger partial charge >= 0.3 is 6.09 Å². The standard InChI is InChI=1S/C27H28FN3O5/c1-29-25(32)23-14-20(36-30-23)17-34-26(33)31-11-9-27(10-12-31)15-21(16-27)35-24-13-19(7-8-22(24)28)18-5-3-2-4-6-18/h2-8,13-14,21H,9-12,15-17H2,1H3,(H,29,32). The van der Waals surface area contributed by atoms with Gasteiger partial charge in [-0.15, -0.1) is 0 Å². The largest absolute Gasteiger partial charge is 0.487 e. The SMILES string of the molecule is CNC(=O)c1cc(COC(=O)N2CCC3(CC2)CC(Oc2cc(-c4ccccc4)ccc2F)C3)on1. The average Bonchev–Trinajstić information content (AvgIpc) is 3.37. The minimum Gasteiger partial charge on any atom is -0.487 e. The van der Waals surface area contributed by atoms with Crippen LogP contribution in [0.2, 0.25) is 0 Å². The lowest BCUT2D eigenvalue weighted by Gasteiger charge is -2.51. The number of hydrogen-bond donors (Lipinski definition) is 1. The zero-order valence-corrected chi connectivity index (χ0v) is 20.0. The number of ether oxygens (including phenoxy) is 2. The quantitative estimate of drug-likeness (QED) is 0.530. The van der Waals surface area contributed by atoms with E-state index in [2.05, 4.69) is 10.5 Å². The van der Waals surface area contributed by atoms with Crippen molar-refractivity contribution in [3.63, 3.8) is 0 Å². The van der Waals surface area contributed by atoms with Crippen LogP contribution in [0.4, 0.5) is 9.18 Å². The molecule has 9 heteroatoms. The molecule has 2 aromatic carbocycles. The van der Waals surface area contributed by atoms with E-state index in [-0.39, 0.29) is 41.3 Å². The summed E-state index contributed by atoms with van der Waals surface area (Å²) >= 11 is 0. The predicted molar refractivity (Wildman–Crippen MR) is 129 cm³/mol. The summed E-state index contributed by atoms with van der Waals surface area (Å²) in [6, 6.07) is 16.3. The monoisotopic (exact) mass is 493 g/mol. The third-order valence-corrected chi connectivity index (χ3v) is 7.09. The number of halogens is 1. The number of carbonyl (C=O) groups excluding carboxylic acids is 2. The van der Waals surface area contributed by atoms with Crippen LogP contribution in [0.15, 0.2) is 59.1 Å². The van der Waals surface area contributed by atoms with Crippen LogP contribution in [0.3, 0.4) is 0 Å². The molecule has 1 N–H and O–H groups in total. The molecule has 1 spiro atoms. The van der Waals surface area contributed by atoms with Gasteiger partial charge in [-0.2, -0.15) is 0 Å². The first-order chi connectivity index (χ1) is 17.4. The number of hydrogen-bond acceptors (Lipinski definition) is 6. The summed E-state index contributed by atoms with van der Waals surface area (Å²) in [5.74, 6) is -0.142. The van der Waals surface area contributed by atoms with Gasteiger partial charge in [0, 0.05) is 26.2 Å². The lowest BCUT2D eigenvalue weighted by atomic mass is 9.61. The molecule has 0 unspecified atom stereocenters. The van der Waals surface area contributed by atoms with Crippen LogP contribution in [-0.2, 0) is 11.3 Å². The molecule has 1 saturated heterocycles. The molecule has 2 fully saturated rings. The Morgan fingerprint density at radius 1 is 1.11 bits per heavy atom. The Kier molecular flexibility index (Phi) is 6.63. The van der Waals surface area contributed by atoms with Gasteiger partial charge in [0.15, 0.2) is 29.6 Å². The normalized spacial score (nSPS) is 16.9. The van der Waals surface area contributed by atoms with E-state index < -0.39 is 6.09 Å². The van der Waals surface area contributed by atoms with Crippen molar-refractivity contribution in [3.05, 3.63) is 71.9 Å². The van der Waals surface area contributed by atoms with Crippen LogP contribution in [0, 0.1) is 11.2 Å². The van der Waals surface area contributed by atoms with E-state index in [1.807, 2.05) is 30.3 Å². The van der Waals surface area contributed by atoms with Crippen molar-refractivity contribution in [3.8, 4) is 16.9 Å². The van der Waals surface area contributed by atoms with Crippen molar-refractivity contribution >= 4 is 12.0 Å². The summed E-state index contributed by atoms with van der Waals surface area (Å²) in [6.07, 6.45) is 2.91. The second-order valence-corrected chi connectivity index (χ2v) is 9.46. The number of benzene rings is 2. The number of carbonyl (C=O) groups is 2. The molecule has 2 aliphatic rings. The van der Waals surface area contributed by atoms with Crippen LogP contribution in [0.1, 0.15) is 41.9 Å². The Labute approximate surface area is 208 Å². The summed E-state index contributed by atoms with van der Waals surface area (Å²) in [5, 5.41) is 6.10. The van der Waals surface area contributed by atoms with Crippen LogP contribution in [0.5, 0.6) is 5.75 Å². The van der Waals surface area contributed by atoms with E-state index in [0.29, 0.717) is 18.8 Å². The number of nitrogens with one attached hydrogen (secondary N) is 1. The first kappa shape index (κ1) is 23.8. The van der Waals surface area contributed by atoms with Crippen molar-refractivity contribution in [2.24, 2.45) is 5.41 Å². The molecule has 36 heavy (non-hydrogen) atoms. The van der Waals surface area contributed by atoms with Gasteiger partial charge in [-0.1, -0.05) is 41.6 Å². The molecule has 2 heterocycles. The van der Waals surface area contributed by atoms with Gasteiger partial charge in [-0.3, -0.25) is 4.79 Å². The Balaban J connectivity index is 1.09. The maximum Gasteiger partial charge on any atom is 0.410 e. The average molecular weight is 494 g/mol. The highest BCUT2D eigenvalue weighted by atomic mass is 19.1. The van der Waals surface area contributed by atoms with E-state index >= 15 is 0 Å². The van der Waals surface area contributed by atoms with E-state index in [9.17, 15) is 14.0 Å². The maximum atomic E-state index is 14.4. The molecule has 1 saturated carbocycles. The second kappa shape index (κ2) is 10.0. The highest BCUT2D eigenvalue weighted by molar-refractivity contribution is 5.91. The zero-order valence-electron chi connectivity index (χ0n) is 20.0. The molecular formula is C27H28FN3O5. The molecule has 2 amide bonds. The first-order valence-electron chi connectivity index (χ1n) is 12.1. The van der Waals surface area contributed by atoms with Crippen molar-refractivity contribution < 1.29 is 28.0 Å². The van der Waals surface area contributed by atoms with Gasteiger partial charge in [0.1, 0.15) is 0 Å². The molecule has 0 atom stereocenters. The summed E-state index contributed by atoms with van der Waals surface area (Å²) < 4.78 is 30.8. The fourth-order valence-corrected chi connectivity index (χ4v) is 4.98. The predicted octanol–water partition coefficient (Wildman–Crippen LogP) is 4.80. The van der Waals surface area contributed by atoms with E-state index in [1.54, 1.807) is 17.0 Å². The number of amides is 2. The van der Waals surface area contributed by atoms with Gasteiger partial charge in [-0.25, -0.2) is 9.18 Å². The summed E-state index contributed by atoms with van der Waals surface area (Å²) in [7, 11) is 1.50. The lowest BCUT2D eigenvalue weighted by Crippen LogP contribution is -2.52. The van der Waals surface area contributed by atoms with Gasteiger partial charge in [0.05, 0.1) is 6.10 Å². The van der Waals surface area contributed by atoms with Gasteiger partial charge in [0.25, 0.3) is 5.91 Å². The van der Waals surface area contributed by atoms with Crippen LogP contribution in [0.25, 0.3) is 11.1 Å². The topological polar surface area (TPSA) is 93.9 Å². The van der Waals surface area contributed by atoms with Crippen molar-refractivity contribution in [2.75, 3.05) is 20.1 Å². The Morgan fingerprint density at radius 3 is 2.58 bits per heavy atom. The minimum atomic E-state index is -0.422. The molecule has 3 aromatic rings. The lowest BCUT2D eigenvalue weighted by molar-refractivity contribution is -0.0551. The number of nitrogens with zero attached hydrogens (tertiary/aromatic N) is 2. The molecule has 0 radical (unpaired) electrons. The Bertz CT molecular complexity index is 1230. The number of likely N-dealkylation sites (tertiary alicyclic amines) is 1. The molecule has 1 aliphatic heterocycles. The molecule has 1 aliphatic carbocycles. The van der Waals surface area contributed by atoms with Gasteiger partial charge in [0.2, 0.25) is 0 Å². The second-order valence-electron chi connectivity index (χ2n) is 9.46. The van der Waals surface area contributed by atoms with Crippen LogP contribution >= 0.6 is 0 Å². The Hall–Kier alpha value is -3.88. The van der Waals surface area contributed by atoms with E-state index in [4.69, 9.17) is 14.0 Å². The van der Waals surface area contributed by atoms with E-state index in [0.717, 1.165) is 36.8 Å². The Morgan fingerprint density at radius 2 is 1.86 bits per heavy atom. The zero-order chi connectivity index (χ0) is 25.1. The first-order valence-corrected chi connectivity index (χ1v) is 12.1. The fourth-order valence-electron chi connectivity index (χ4n) is 4.98. The highest BCUT2D eigenvalue weighted by Crippen LogP contribution is 2.50. The third kappa shape index (κ3) is 5.05. The van der Waals surface area contributed by atoms with Crippen molar-refractivity contribution in [2.45, 2.75) is 38.4 Å². The molecule has 188 valence electrons.